The van der Waals surface area contributed by atoms with Gasteiger partial charge in [-0.3, -0.25) is 9.59 Å². The van der Waals surface area contributed by atoms with Crippen LogP contribution < -0.4 is 5.32 Å². The molecule has 0 saturated heterocycles. The van der Waals surface area contributed by atoms with Crippen LogP contribution in [0.4, 0.5) is 0 Å². The van der Waals surface area contributed by atoms with Crippen LogP contribution in [-0.4, -0.2) is 29.3 Å². The van der Waals surface area contributed by atoms with Crippen molar-refractivity contribution in [2.45, 2.75) is 31.8 Å². The summed E-state index contributed by atoms with van der Waals surface area (Å²) in [5.74, 6) is -0.0826. The number of thiophene rings is 1. The van der Waals surface area contributed by atoms with Gasteiger partial charge >= 0.3 is 0 Å². The lowest BCUT2D eigenvalue weighted by molar-refractivity contribution is -0.133. The van der Waals surface area contributed by atoms with Crippen molar-refractivity contribution in [2.75, 3.05) is 6.54 Å². The van der Waals surface area contributed by atoms with Crippen LogP contribution in [0.15, 0.2) is 72.1 Å². The average Bonchev–Trinajstić information content (AvgIpc) is 3.23. The fraction of sp³-hybridized carbons (Fsp3) is 0.250. The van der Waals surface area contributed by atoms with Crippen LogP contribution in [0.5, 0.6) is 0 Å². The Labute approximate surface area is 175 Å². The number of hydrogen-bond acceptors (Lipinski definition) is 3. The Morgan fingerprint density at radius 3 is 2.48 bits per heavy atom. The second-order valence-corrected chi connectivity index (χ2v) is 8.39. The quantitative estimate of drug-likeness (QED) is 0.684. The Bertz CT molecular complexity index is 984. The first-order valence-corrected chi connectivity index (χ1v) is 10.8. The number of nitrogens with zero attached hydrogens (tertiary/aromatic N) is 1. The molecule has 1 aromatic heterocycles. The van der Waals surface area contributed by atoms with Crippen molar-refractivity contribution >= 4 is 23.2 Å². The summed E-state index contributed by atoms with van der Waals surface area (Å²) in [4.78, 5) is 28.9. The Kier molecular flexibility index (Phi) is 5.76. The molecule has 2 amide bonds. The third-order valence-electron chi connectivity index (χ3n) is 5.30. The highest BCUT2D eigenvalue weighted by molar-refractivity contribution is 7.10. The molecule has 2 heterocycles. The first-order chi connectivity index (χ1) is 14.1. The van der Waals surface area contributed by atoms with Crippen LogP contribution >= 0.6 is 11.3 Å². The SMILES string of the molecule is CC(CC(=O)N1CCc2sccc2C1c1ccccc1)NC(=O)c1ccccc1. The second-order valence-electron chi connectivity index (χ2n) is 7.39. The lowest BCUT2D eigenvalue weighted by Gasteiger charge is -2.37. The molecular formula is C24H24N2O2S. The largest absolute Gasteiger partial charge is 0.349 e. The lowest BCUT2D eigenvalue weighted by Crippen LogP contribution is -2.43. The normalized spacial score (nSPS) is 16.7. The van der Waals surface area contributed by atoms with Crippen LogP contribution in [0.2, 0.25) is 0 Å². The van der Waals surface area contributed by atoms with Gasteiger partial charge in [-0.15, -0.1) is 11.3 Å². The predicted octanol–water partition coefficient (Wildman–Crippen LogP) is 4.43. The van der Waals surface area contributed by atoms with Crippen molar-refractivity contribution in [3.8, 4) is 0 Å². The molecule has 3 aromatic rings. The maximum Gasteiger partial charge on any atom is 0.251 e. The molecule has 0 fully saturated rings. The van der Waals surface area contributed by atoms with Crippen LogP contribution in [0, 0.1) is 0 Å². The van der Waals surface area contributed by atoms with Crippen molar-refractivity contribution in [3.63, 3.8) is 0 Å². The van der Waals surface area contributed by atoms with Gasteiger partial charge in [0.2, 0.25) is 5.91 Å². The topological polar surface area (TPSA) is 49.4 Å². The van der Waals surface area contributed by atoms with Crippen LogP contribution in [0.3, 0.4) is 0 Å². The Balaban J connectivity index is 1.49. The van der Waals surface area contributed by atoms with Crippen LogP contribution in [0.25, 0.3) is 0 Å². The first-order valence-electron chi connectivity index (χ1n) is 9.90. The minimum absolute atomic E-state index is 0.0595. The van der Waals surface area contributed by atoms with E-state index in [0.29, 0.717) is 12.1 Å². The van der Waals surface area contributed by atoms with Crippen molar-refractivity contribution < 1.29 is 9.59 Å². The molecule has 1 aliphatic heterocycles. The number of benzene rings is 2. The monoisotopic (exact) mass is 404 g/mol. The van der Waals surface area contributed by atoms with Crippen molar-refractivity contribution in [2.24, 2.45) is 0 Å². The molecule has 0 radical (unpaired) electrons. The van der Waals surface area contributed by atoms with Gasteiger partial charge in [-0.05, 0) is 48.1 Å². The van der Waals surface area contributed by atoms with Crippen LogP contribution in [-0.2, 0) is 11.2 Å². The molecule has 2 atom stereocenters. The number of hydrogen-bond donors (Lipinski definition) is 1. The minimum Gasteiger partial charge on any atom is -0.349 e. The van der Waals surface area contributed by atoms with Gasteiger partial charge in [0, 0.05) is 29.4 Å². The van der Waals surface area contributed by atoms with E-state index in [1.54, 1.807) is 23.5 Å². The number of amides is 2. The number of fused-ring (bicyclic) bond motifs is 1. The van der Waals surface area contributed by atoms with Gasteiger partial charge in [-0.25, -0.2) is 0 Å². The van der Waals surface area contributed by atoms with E-state index < -0.39 is 0 Å². The molecule has 1 aliphatic rings. The molecule has 0 saturated carbocycles. The molecule has 5 heteroatoms. The summed E-state index contributed by atoms with van der Waals surface area (Å²) in [5.41, 5.74) is 2.96. The van der Waals surface area contributed by atoms with E-state index in [4.69, 9.17) is 0 Å². The zero-order valence-electron chi connectivity index (χ0n) is 16.4. The van der Waals surface area contributed by atoms with Gasteiger partial charge in [-0.2, -0.15) is 0 Å². The average molecular weight is 405 g/mol. The van der Waals surface area contributed by atoms with Gasteiger partial charge in [0.05, 0.1) is 6.04 Å². The zero-order chi connectivity index (χ0) is 20.2. The molecule has 0 spiro atoms. The summed E-state index contributed by atoms with van der Waals surface area (Å²) in [6.07, 6.45) is 1.16. The van der Waals surface area contributed by atoms with Gasteiger partial charge < -0.3 is 10.2 Å². The van der Waals surface area contributed by atoms with E-state index in [0.717, 1.165) is 12.0 Å². The third-order valence-corrected chi connectivity index (χ3v) is 6.29. The zero-order valence-corrected chi connectivity index (χ0v) is 17.2. The summed E-state index contributed by atoms with van der Waals surface area (Å²) in [6.45, 7) is 2.58. The van der Waals surface area contributed by atoms with E-state index in [1.165, 1.54) is 10.4 Å². The molecule has 29 heavy (non-hydrogen) atoms. The van der Waals surface area contributed by atoms with Crippen molar-refractivity contribution in [1.29, 1.82) is 0 Å². The second kappa shape index (κ2) is 8.62. The standard InChI is InChI=1S/C24H24N2O2S/c1-17(25-24(28)19-10-6-3-7-11-19)16-22(27)26-14-12-21-20(13-15-29-21)23(26)18-8-4-2-5-9-18/h2-11,13,15,17,23H,12,14,16H2,1H3,(H,25,28). The summed E-state index contributed by atoms with van der Waals surface area (Å²) in [6, 6.07) is 21.1. The fourth-order valence-corrected chi connectivity index (χ4v) is 4.81. The summed E-state index contributed by atoms with van der Waals surface area (Å²) in [5, 5.41) is 5.06. The molecule has 2 unspecified atom stereocenters. The number of carbonyl (C=O) groups is 2. The summed E-state index contributed by atoms with van der Waals surface area (Å²) >= 11 is 1.76. The van der Waals surface area contributed by atoms with E-state index in [2.05, 4.69) is 28.9 Å². The van der Waals surface area contributed by atoms with E-state index >= 15 is 0 Å². The van der Waals surface area contributed by atoms with Gasteiger partial charge in [0.1, 0.15) is 0 Å². The number of rotatable bonds is 5. The highest BCUT2D eigenvalue weighted by atomic mass is 32.1. The smallest absolute Gasteiger partial charge is 0.251 e. The molecule has 4 nitrogen and oxygen atoms in total. The van der Waals surface area contributed by atoms with Gasteiger partial charge in [0.15, 0.2) is 0 Å². The Morgan fingerprint density at radius 1 is 1.07 bits per heavy atom. The van der Waals surface area contributed by atoms with Gasteiger partial charge in [0.25, 0.3) is 5.91 Å². The predicted molar refractivity (Wildman–Crippen MR) is 116 cm³/mol. The molecule has 0 bridgehead atoms. The van der Waals surface area contributed by atoms with E-state index in [1.807, 2.05) is 48.2 Å². The van der Waals surface area contributed by atoms with Gasteiger partial charge in [-0.1, -0.05) is 48.5 Å². The molecule has 0 aliphatic carbocycles. The minimum atomic E-state index is -0.240. The Morgan fingerprint density at radius 2 is 1.76 bits per heavy atom. The highest BCUT2D eigenvalue weighted by Crippen LogP contribution is 2.38. The van der Waals surface area contributed by atoms with Crippen molar-refractivity contribution in [1.82, 2.24) is 10.2 Å². The highest BCUT2D eigenvalue weighted by Gasteiger charge is 2.33. The molecular weight excluding hydrogens is 380 g/mol. The summed E-state index contributed by atoms with van der Waals surface area (Å²) < 4.78 is 0. The first kappa shape index (κ1) is 19.4. The fourth-order valence-electron chi connectivity index (χ4n) is 3.91. The number of nitrogens with one attached hydrogen (secondary N) is 1. The Hall–Kier alpha value is -2.92. The van der Waals surface area contributed by atoms with E-state index in [9.17, 15) is 9.59 Å². The molecule has 1 N–H and O–H groups in total. The van der Waals surface area contributed by atoms with Crippen LogP contribution in [0.1, 0.15) is 45.7 Å². The molecule has 2 aromatic carbocycles. The van der Waals surface area contributed by atoms with Crippen molar-refractivity contribution in [3.05, 3.63) is 93.7 Å². The van der Waals surface area contributed by atoms with E-state index in [-0.39, 0.29) is 30.3 Å². The maximum atomic E-state index is 13.2. The lowest BCUT2D eigenvalue weighted by atomic mass is 9.92. The molecule has 4 rings (SSSR count). The summed E-state index contributed by atoms with van der Waals surface area (Å²) in [7, 11) is 0. The third kappa shape index (κ3) is 4.25. The number of carbonyl (C=O) groups excluding carboxylic acids is 2. The maximum absolute atomic E-state index is 13.2. The molecule has 148 valence electrons.